The molecule has 0 radical (unpaired) electrons. The van der Waals surface area contributed by atoms with Crippen LogP contribution >= 0.6 is 11.6 Å². The Balaban J connectivity index is 1.67. The number of H-pyrrole nitrogens is 1. The number of fused-ring (bicyclic) bond motifs is 1. The third-order valence-corrected chi connectivity index (χ3v) is 6.79. The first-order valence-corrected chi connectivity index (χ1v) is 12.4. The molecule has 6 nitrogen and oxygen atoms in total. The zero-order valence-electron chi connectivity index (χ0n) is 20.2. The van der Waals surface area contributed by atoms with Gasteiger partial charge < -0.3 is 21.1 Å². The summed E-state index contributed by atoms with van der Waals surface area (Å²) in [7, 11) is 0. The molecule has 36 heavy (non-hydrogen) atoms. The molecule has 1 amide bonds. The Bertz CT molecular complexity index is 1360. The van der Waals surface area contributed by atoms with Crippen LogP contribution in [0.15, 0.2) is 66.7 Å². The Labute approximate surface area is 215 Å². The molecule has 7 heteroatoms. The van der Waals surface area contributed by atoms with E-state index in [-0.39, 0.29) is 12.3 Å². The molecule has 0 aliphatic carbocycles. The number of nitrogens with one attached hydrogen (secondary N) is 2. The maximum absolute atomic E-state index is 13.0. The van der Waals surface area contributed by atoms with Gasteiger partial charge in [0.1, 0.15) is 6.04 Å². The molecule has 1 aromatic heterocycles. The standard InChI is InChI=1S/C29H30ClN3O3/c1-18-15-22-23(16-27(34)32-25(29(35)36)9-5-6-14-31)28(33-26(22)17-24(18)30)21-12-10-20(11-13-21)19-7-3-2-4-8-19/h2-4,7-8,10-13,15,17,25,33H,5-6,9,14,16,31H2,1H3,(H,32,34)(H,35,36)/t25-/m0/s1. The molecule has 5 N–H and O–H groups in total. The lowest BCUT2D eigenvalue weighted by molar-refractivity contribution is -0.142. The molecule has 3 aromatic carbocycles. The van der Waals surface area contributed by atoms with Gasteiger partial charge in [-0.05, 0) is 72.7 Å². The van der Waals surface area contributed by atoms with E-state index in [2.05, 4.69) is 34.6 Å². The highest BCUT2D eigenvalue weighted by molar-refractivity contribution is 6.32. The van der Waals surface area contributed by atoms with Crippen molar-refractivity contribution in [2.75, 3.05) is 6.54 Å². The zero-order valence-corrected chi connectivity index (χ0v) is 20.9. The normalized spacial score (nSPS) is 12.0. The van der Waals surface area contributed by atoms with Gasteiger partial charge in [0, 0.05) is 15.9 Å². The maximum Gasteiger partial charge on any atom is 0.326 e. The Hall–Kier alpha value is -3.61. The summed E-state index contributed by atoms with van der Waals surface area (Å²) in [5, 5.41) is 13.8. The number of hydrogen-bond acceptors (Lipinski definition) is 3. The van der Waals surface area contributed by atoms with Crippen LogP contribution in [0.1, 0.15) is 30.4 Å². The molecule has 1 atom stereocenters. The molecular formula is C29H30ClN3O3. The highest BCUT2D eigenvalue weighted by atomic mass is 35.5. The van der Waals surface area contributed by atoms with E-state index in [4.69, 9.17) is 17.3 Å². The van der Waals surface area contributed by atoms with Gasteiger partial charge in [0.15, 0.2) is 0 Å². The number of benzene rings is 3. The minimum absolute atomic E-state index is 0.0392. The Morgan fingerprint density at radius 2 is 1.67 bits per heavy atom. The van der Waals surface area contributed by atoms with Gasteiger partial charge in [-0.2, -0.15) is 0 Å². The van der Waals surface area contributed by atoms with Gasteiger partial charge in [0.25, 0.3) is 0 Å². The molecule has 0 aliphatic heterocycles. The predicted octanol–water partition coefficient (Wildman–Crippen LogP) is 5.70. The monoisotopic (exact) mass is 503 g/mol. The Morgan fingerprint density at radius 1 is 1.00 bits per heavy atom. The summed E-state index contributed by atoms with van der Waals surface area (Å²) in [5.41, 5.74) is 12.0. The van der Waals surface area contributed by atoms with E-state index in [0.717, 1.165) is 44.4 Å². The molecule has 4 rings (SSSR count). The van der Waals surface area contributed by atoms with Crippen molar-refractivity contribution in [3.8, 4) is 22.4 Å². The summed E-state index contributed by atoms with van der Waals surface area (Å²) in [6, 6.07) is 21.2. The molecule has 0 saturated carbocycles. The molecule has 1 heterocycles. The van der Waals surface area contributed by atoms with E-state index in [1.54, 1.807) is 0 Å². The largest absolute Gasteiger partial charge is 0.480 e. The summed E-state index contributed by atoms with van der Waals surface area (Å²) in [6.45, 7) is 2.41. The van der Waals surface area contributed by atoms with Crippen LogP contribution in [-0.2, 0) is 16.0 Å². The van der Waals surface area contributed by atoms with Gasteiger partial charge in [-0.1, -0.05) is 66.2 Å². The van der Waals surface area contributed by atoms with Gasteiger partial charge in [-0.15, -0.1) is 0 Å². The van der Waals surface area contributed by atoms with Gasteiger partial charge in [0.2, 0.25) is 5.91 Å². The third-order valence-electron chi connectivity index (χ3n) is 6.38. The van der Waals surface area contributed by atoms with Crippen molar-refractivity contribution in [2.45, 2.75) is 38.6 Å². The number of nitrogens with two attached hydrogens (primary N) is 1. The third kappa shape index (κ3) is 5.78. The van der Waals surface area contributed by atoms with E-state index in [0.29, 0.717) is 30.8 Å². The number of carboxylic acids is 1. The average Bonchev–Trinajstić information content (AvgIpc) is 3.21. The number of carbonyl (C=O) groups is 2. The van der Waals surface area contributed by atoms with Gasteiger partial charge >= 0.3 is 5.97 Å². The molecular weight excluding hydrogens is 474 g/mol. The Kier molecular flexibility index (Phi) is 8.08. The molecule has 0 fully saturated rings. The van der Waals surface area contributed by atoms with Crippen LogP contribution in [0.25, 0.3) is 33.3 Å². The van der Waals surface area contributed by atoms with Crippen LogP contribution in [0.3, 0.4) is 0 Å². The number of amides is 1. The summed E-state index contributed by atoms with van der Waals surface area (Å²) in [6.07, 6.45) is 1.73. The van der Waals surface area contributed by atoms with Crippen LogP contribution in [0.2, 0.25) is 5.02 Å². The second kappa shape index (κ2) is 11.4. The van der Waals surface area contributed by atoms with Crippen molar-refractivity contribution in [2.24, 2.45) is 5.73 Å². The van der Waals surface area contributed by atoms with E-state index in [1.807, 2.05) is 49.4 Å². The van der Waals surface area contributed by atoms with Crippen LogP contribution in [0.4, 0.5) is 0 Å². The van der Waals surface area contributed by atoms with Crippen LogP contribution < -0.4 is 11.1 Å². The minimum Gasteiger partial charge on any atom is -0.480 e. The maximum atomic E-state index is 13.0. The number of carboxylic acid groups (broad SMARTS) is 1. The number of aryl methyl sites for hydroxylation is 1. The van der Waals surface area contributed by atoms with Crippen molar-refractivity contribution in [3.05, 3.63) is 82.9 Å². The number of aliphatic carboxylic acids is 1. The van der Waals surface area contributed by atoms with Crippen molar-refractivity contribution >= 4 is 34.4 Å². The zero-order chi connectivity index (χ0) is 25.7. The topological polar surface area (TPSA) is 108 Å². The van der Waals surface area contributed by atoms with E-state index < -0.39 is 12.0 Å². The first-order valence-electron chi connectivity index (χ1n) is 12.1. The fourth-order valence-electron chi connectivity index (χ4n) is 4.43. The Morgan fingerprint density at radius 3 is 2.33 bits per heavy atom. The molecule has 0 bridgehead atoms. The van der Waals surface area contributed by atoms with Crippen LogP contribution in [0, 0.1) is 6.92 Å². The molecule has 0 saturated heterocycles. The van der Waals surface area contributed by atoms with Gasteiger partial charge in [0.05, 0.1) is 12.1 Å². The van der Waals surface area contributed by atoms with E-state index >= 15 is 0 Å². The second-order valence-corrected chi connectivity index (χ2v) is 9.40. The summed E-state index contributed by atoms with van der Waals surface area (Å²) >= 11 is 6.38. The molecule has 4 aromatic rings. The summed E-state index contributed by atoms with van der Waals surface area (Å²) in [4.78, 5) is 28.2. The average molecular weight is 504 g/mol. The highest BCUT2D eigenvalue weighted by Gasteiger charge is 2.22. The second-order valence-electron chi connectivity index (χ2n) is 8.99. The summed E-state index contributed by atoms with van der Waals surface area (Å²) < 4.78 is 0. The molecule has 0 spiro atoms. The number of aromatic nitrogens is 1. The lowest BCUT2D eigenvalue weighted by Crippen LogP contribution is -2.41. The van der Waals surface area contributed by atoms with Gasteiger partial charge in [-0.3, -0.25) is 4.79 Å². The fourth-order valence-corrected chi connectivity index (χ4v) is 4.59. The summed E-state index contributed by atoms with van der Waals surface area (Å²) in [5.74, 6) is -1.38. The van der Waals surface area contributed by atoms with Crippen molar-refractivity contribution in [1.29, 1.82) is 0 Å². The van der Waals surface area contributed by atoms with Gasteiger partial charge in [-0.25, -0.2) is 4.79 Å². The van der Waals surface area contributed by atoms with E-state index in [1.165, 1.54) is 0 Å². The number of carbonyl (C=O) groups excluding carboxylic acids is 1. The SMILES string of the molecule is Cc1cc2c(CC(=O)N[C@@H](CCCCN)C(=O)O)c(-c3ccc(-c4ccccc4)cc3)[nH]c2cc1Cl. The number of hydrogen-bond donors (Lipinski definition) is 4. The molecule has 0 aliphatic rings. The molecule has 186 valence electrons. The van der Waals surface area contributed by atoms with E-state index in [9.17, 15) is 14.7 Å². The fraction of sp³-hybridized carbons (Fsp3) is 0.241. The first kappa shape index (κ1) is 25.5. The quantitative estimate of drug-likeness (QED) is 0.208. The lowest BCUT2D eigenvalue weighted by Gasteiger charge is -2.15. The predicted molar refractivity (Wildman–Crippen MR) is 145 cm³/mol. The van der Waals surface area contributed by atoms with Crippen LogP contribution in [-0.4, -0.2) is 34.6 Å². The van der Waals surface area contributed by atoms with Crippen LogP contribution in [0.5, 0.6) is 0 Å². The molecule has 0 unspecified atom stereocenters. The highest BCUT2D eigenvalue weighted by Crippen LogP contribution is 2.34. The number of halogens is 1. The smallest absolute Gasteiger partial charge is 0.326 e. The number of unbranched alkanes of at least 4 members (excludes halogenated alkanes) is 1. The lowest BCUT2D eigenvalue weighted by atomic mass is 9.98. The minimum atomic E-state index is -1.04. The van der Waals surface area contributed by atoms with Crippen molar-refractivity contribution in [1.82, 2.24) is 10.3 Å². The number of aromatic amines is 1. The van der Waals surface area contributed by atoms with Crippen molar-refractivity contribution < 1.29 is 14.7 Å². The first-order chi connectivity index (χ1) is 17.4. The van der Waals surface area contributed by atoms with Crippen molar-refractivity contribution in [3.63, 3.8) is 0 Å². The number of rotatable bonds is 10.